The highest BCUT2D eigenvalue weighted by Gasteiger charge is 2.17. The van der Waals surface area contributed by atoms with Crippen LogP contribution in [0, 0.1) is 0 Å². The number of urea groups is 1. The van der Waals surface area contributed by atoms with Gasteiger partial charge in [0.2, 0.25) is 0 Å². The highest BCUT2D eigenvalue weighted by molar-refractivity contribution is 7.45. The number of nitrogens with zero attached hydrogens (tertiary/aromatic N) is 2. The lowest BCUT2D eigenvalue weighted by Gasteiger charge is -2.28. The molecule has 0 saturated heterocycles. The quantitative estimate of drug-likeness (QED) is 0.159. The topological polar surface area (TPSA) is 90.9 Å². The van der Waals surface area contributed by atoms with Crippen LogP contribution in [0.25, 0.3) is 0 Å². The minimum atomic E-state index is -4.40. The molecule has 1 N–H and O–H groups in total. The fraction of sp³-hybridized carbons (Fsp3) is 0.720. The standard InChI is InChI=1S/C25H46N3O5P/c1-5-6-7-8-9-10-11-12-16-19-27(25(29)26-24-17-14-13-15-18-24)20-22-32-34(30,31)33-23-21-28(2,3)4/h13-15,17-18H,5-12,16,19-23H2,1-4H3,(H-,26,29,30,31). The number of quaternary nitrogens is 1. The molecular formula is C25H46N3O5P. The Kier molecular flexibility index (Phi) is 15.4. The van der Waals surface area contributed by atoms with Gasteiger partial charge in [-0.3, -0.25) is 4.57 Å². The zero-order chi connectivity index (χ0) is 25.3. The van der Waals surface area contributed by atoms with Gasteiger partial charge in [0, 0.05) is 18.8 Å². The first-order chi connectivity index (χ1) is 16.1. The maximum Gasteiger partial charge on any atom is 0.321 e. The van der Waals surface area contributed by atoms with Crippen LogP contribution in [0.15, 0.2) is 30.3 Å². The molecule has 0 aliphatic carbocycles. The van der Waals surface area contributed by atoms with Gasteiger partial charge < -0.3 is 28.6 Å². The fourth-order valence-electron chi connectivity index (χ4n) is 3.38. The first-order valence-electron chi connectivity index (χ1n) is 12.6. The lowest BCUT2D eigenvalue weighted by molar-refractivity contribution is -0.870. The van der Waals surface area contributed by atoms with E-state index >= 15 is 0 Å². The summed E-state index contributed by atoms with van der Waals surface area (Å²) in [6.45, 7) is 3.40. The third-order valence-corrected chi connectivity index (χ3v) is 6.46. The predicted molar refractivity (Wildman–Crippen MR) is 137 cm³/mol. The number of likely N-dealkylation sites (N-methyl/N-ethyl adjacent to an activating group) is 1. The molecule has 1 atom stereocenters. The molecule has 0 heterocycles. The Morgan fingerprint density at radius 3 is 2.06 bits per heavy atom. The van der Waals surface area contributed by atoms with Crippen molar-refractivity contribution >= 4 is 19.5 Å². The Morgan fingerprint density at radius 1 is 0.912 bits per heavy atom. The van der Waals surface area contributed by atoms with E-state index in [1.165, 1.54) is 38.5 Å². The largest absolute Gasteiger partial charge is 0.756 e. The molecule has 0 spiro atoms. The molecule has 1 unspecified atom stereocenters. The van der Waals surface area contributed by atoms with E-state index in [4.69, 9.17) is 9.05 Å². The Labute approximate surface area is 206 Å². The van der Waals surface area contributed by atoms with Gasteiger partial charge in [0.1, 0.15) is 13.2 Å². The third kappa shape index (κ3) is 16.2. The molecule has 34 heavy (non-hydrogen) atoms. The number of benzene rings is 1. The second-order valence-corrected chi connectivity index (χ2v) is 11.2. The summed E-state index contributed by atoms with van der Waals surface area (Å²) in [4.78, 5) is 26.4. The van der Waals surface area contributed by atoms with E-state index in [0.29, 0.717) is 23.3 Å². The Balaban J connectivity index is 2.46. The van der Waals surface area contributed by atoms with E-state index in [1.807, 2.05) is 51.5 Å². The van der Waals surface area contributed by atoms with E-state index in [1.54, 1.807) is 4.90 Å². The Morgan fingerprint density at radius 2 is 1.47 bits per heavy atom. The summed E-state index contributed by atoms with van der Waals surface area (Å²) in [5, 5.41) is 2.87. The van der Waals surface area contributed by atoms with Crippen molar-refractivity contribution in [2.24, 2.45) is 0 Å². The van der Waals surface area contributed by atoms with Gasteiger partial charge in [-0.1, -0.05) is 76.5 Å². The van der Waals surface area contributed by atoms with Gasteiger partial charge in [0.25, 0.3) is 7.82 Å². The van der Waals surface area contributed by atoms with Crippen molar-refractivity contribution in [2.75, 3.05) is 59.3 Å². The van der Waals surface area contributed by atoms with Crippen LogP contribution in [0.5, 0.6) is 0 Å². The van der Waals surface area contributed by atoms with Gasteiger partial charge in [0.05, 0.1) is 27.7 Å². The molecule has 1 rings (SSSR count). The van der Waals surface area contributed by atoms with Gasteiger partial charge in [-0.2, -0.15) is 0 Å². The van der Waals surface area contributed by atoms with Crippen molar-refractivity contribution in [1.29, 1.82) is 0 Å². The van der Waals surface area contributed by atoms with Gasteiger partial charge >= 0.3 is 6.03 Å². The van der Waals surface area contributed by atoms with E-state index in [-0.39, 0.29) is 25.8 Å². The molecule has 0 aromatic heterocycles. The second kappa shape index (κ2) is 17.1. The predicted octanol–water partition coefficient (Wildman–Crippen LogP) is 5.26. The molecular weight excluding hydrogens is 453 g/mol. The highest BCUT2D eigenvalue weighted by atomic mass is 31.2. The van der Waals surface area contributed by atoms with Gasteiger partial charge in [-0.25, -0.2) is 4.79 Å². The van der Waals surface area contributed by atoms with Crippen LogP contribution in [-0.2, 0) is 13.6 Å². The SMILES string of the molecule is CCCCCCCCCCCN(CCOP(=O)([O-])OCC[N+](C)(C)C)C(=O)Nc1ccccc1. The average Bonchev–Trinajstić information content (AvgIpc) is 2.76. The number of unbranched alkanes of at least 4 members (excludes halogenated alkanes) is 8. The van der Waals surface area contributed by atoms with E-state index in [0.717, 1.165) is 19.3 Å². The molecule has 0 aliphatic heterocycles. The fourth-order valence-corrected chi connectivity index (χ4v) is 4.06. The molecule has 1 aromatic carbocycles. The molecule has 2 amide bonds. The Hall–Kier alpha value is -1.44. The summed E-state index contributed by atoms with van der Waals surface area (Å²) < 4.78 is 22.6. The monoisotopic (exact) mass is 499 g/mol. The summed E-state index contributed by atoms with van der Waals surface area (Å²) in [6, 6.07) is 8.96. The van der Waals surface area contributed by atoms with Gasteiger partial charge in [-0.15, -0.1) is 0 Å². The number of rotatable bonds is 19. The normalized spacial score (nSPS) is 13.4. The Bertz CT molecular complexity index is 712. The van der Waals surface area contributed by atoms with Crippen LogP contribution in [0.4, 0.5) is 10.5 Å². The molecule has 0 saturated carbocycles. The molecule has 0 aliphatic rings. The smallest absolute Gasteiger partial charge is 0.321 e. The van der Waals surface area contributed by atoms with E-state index in [9.17, 15) is 14.3 Å². The summed E-state index contributed by atoms with van der Waals surface area (Å²) in [5.41, 5.74) is 0.698. The van der Waals surface area contributed by atoms with Crippen LogP contribution in [0.2, 0.25) is 0 Å². The summed E-state index contributed by atoms with van der Waals surface area (Å²) in [6.07, 6.45) is 10.7. The highest BCUT2D eigenvalue weighted by Crippen LogP contribution is 2.37. The molecule has 196 valence electrons. The van der Waals surface area contributed by atoms with E-state index < -0.39 is 7.82 Å². The van der Waals surface area contributed by atoms with Crippen molar-refractivity contribution in [1.82, 2.24) is 4.90 Å². The maximum atomic E-state index is 12.8. The van der Waals surface area contributed by atoms with Gasteiger partial charge in [0.15, 0.2) is 0 Å². The number of hydrogen-bond donors (Lipinski definition) is 1. The minimum Gasteiger partial charge on any atom is -0.756 e. The second-order valence-electron chi connectivity index (χ2n) is 9.74. The summed E-state index contributed by atoms with van der Waals surface area (Å²) >= 11 is 0. The zero-order valence-electron chi connectivity index (χ0n) is 21.7. The molecule has 1 aromatic rings. The molecule has 0 radical (unpaired) electrons. The lowest BCUT2D eigenvalue weighted by atomic mass is 10.1. The van der Waals surface area contributed by atoms with Crippen LogP contribution in [0.3, 0.4) is 0 Å². The van der Waals surface area contributed by atoms with Crippen molar-refractivity contribution in [2.45, 2.75) is 64.7 Å². The van der Waals surface area contributed by atoms with Crippen molar-refractivity contribution in [3.8, 4) is 0 Å². The van der Waals surface area contributed by atoms with Crippen LogP contribution >= 0.6 is 7.82 Å². The minimum absolute atomic E-state index is 0.0565. The van der Waals surface area contributed by atoms with Crippen LogP contribution in [0.1, 0.15) is 64.7 Å². The summed E-state index contributed by atoms with van der Waals surface area (Å²) in [7, 11) is 1.46. The van der Waals surface area contributed by atoms with Crippen molar-refractivity contribution < 1.29 is 27.8 Å². The van der Waals surface area contributed by atoms with E-state index in [2.05, 4.69) is 12.2 Å². The number of anilines is 1. The number of hydrogen-bond acceptors (Lipinski definition) is 5. The average molecular weight is 500 g/mol. The number of para-hydroxylation sites is 1. The first kappa shape index (κ1) is 30.6. The van der Waals surface area contributed by atoms with Crippen molar-refractivity contribution in [3.05, 3.63) is 30.3 Å². The lowest BCUT2D eigenvalue weighted by Crippen LogP contribution is -2.38. The number of nitrogens with one attached hydrogen (secondary N) is 1. The zero-order valence-corrected chi connectivity index (χ0v) is 22.6. The first-order valence-corrected chi connectivity index (χ1v) is 14.1. The number of amides is 2. The van der Waals surface area contributed by atoms with Gasteiger partial charge in [-0.05, 0) is 18.6 Å². The summed E-state index contributed by atoms with van der Waals surface area (Å²) in [5.74, 6) is 0. The number of phosphoric ester groups is 1. The third-order valence-electron chi connectivity index (χ3n) is 5.47. The maximum absolute atomic E-state index is 12.8. The van der Waals surface area contributed by atoms with Crippen molar-refractivity contribution in [3.63, 3.8) is 0 Å². The molecule has 9 heteroatoms. The van der Waals surface area contributed by atoms with Crippen LogP contribution < -0.4 is 10.2 Å². The number of phosphoric acid groups is 1. The van der Waals surface area contributed by atoms with Crippen LogP contribution in [-0.4, -0.2) is 69.4 Å². The number of carbonyl (C=O) groups excluding carboxylic acids is 1. The molecule has 0 bridgehead atoms. The number of carbonyl (C=O) groups is 1. The molecule has 0 fully saturated rings. The molecule has 8 nitrogen and oxygen atoms in total.